The molecule has 0 spiro atoms. The van der Waals surface area contributed by atoms with Crippen LogP contribution in [0.25, 0.3) is 0 Å². The SMILES string of the molecule is CC(C(=O)O)N(C)C1CCSc2ccccc21. The van der Waals surface area contributed by atoms with Crippen molar-refractivity contribution in [3.63, 3.8) is 0 Å². The summed E-state index contributed by atoms with van der Waals surface area (Å²) in [5, 5.41) is 9.08. The molecule has 92 valence electrons. The summed E-state index contributed by atoms with van der Waals surface area (Å²) in [7, 11) is 1.90. The first-order chi connectivity index (χ1) is 8.11. The lowest BCUT2D eigenvalue weighted by atomic mass is 10.0. The van der Waals surface area contributed by atoms with E-state index < -0.39 is 12.0 Å². The predicted molar refractivity (Wildman–Crippen MR) is 69.4 cm³/mol. The Balaban J connectivity index is 2.26. The second kappa shape index (κ2) is 5.10. The third-order valence-corrected chi connectivity index (χ3v) is 4.51. The van der Waals surface area contributed by atoms with E-state index in [0.29, 0.717) is 0 Å². The van der Waals surface area contributed by atoms with Crippen molar-refractivity contribution < 1.29 is 9.90 Å². The van der Waals surface area contributed by atoms with Gasteiger partial charge < -0.3 is 5.11 Å². The number of carbonyl (C=O) groups is 1. The fourth-order valence-corrected chi connectivity index (χ4v) is 3.30. The summed E-state index contributed by atoms with van der Waals surface area (Å²) in [6.07, 6.45) is 1.01. The zero-order chi connectivity index (χ0) is 12.4. The summed E-state index contributed by atoms with van der Waals surface area (Å²) in [4.78, 5) is 14.3. The average molecular weight is 251 g/mol. The topological polar surface area (TPSA) is 40.5 Å². The van der Waals surface area contributed by atoms with E-state index in [1.807, 2.05) is 35.8 Å². The van der Waals surface area contributed by atoms with Gasteiger partial charge in [-0.05, 0) is 37.8 Å². The lowest BCUT2D eigenvalue weighted by Gasteiger charge is -2.35. The summed E-state index contributed by atoms with van der Waals surface area (Å²) in [5.74, 6) is 0.293. The van der Waals surface area contributed by atoms with Crippen LogP contribution in [-0.2, 0) is 4.79 Å². The zero-order valence-electron chi connectivity index (χ0n) is 10.1. The molecule has 0 saturated heterocycles. The summed E-state index contributed by atoms with van der Waals surface area (Å²) < 4.78 is 0. The van der Waals surface area contributed by atoms with E-state index in [-0.39, 0.29) is 6.04 Å². The van der Waals surface area contributed by atoms with Crippen molar-refractivity contribution in [1.82, 2.24) is 4.90 Å². The van der Waals surface area contributed by atoms with E-state index in [2.05, 4.69) is 12.1 Å². The van der Waals surface area contributed by atoms with Crippen molar-refractivity contribution in [2.24, 2.45) is 0 Å². The third-order valence-electron chi connectivity index (χ3n) is 3.39. The van der Waals surface area contributed by atoms with Gasteiger partial charge in [-0.3, -0.25) is 9.69 Å². The summed E-state index contributed by atoms with van der Waals surface area (Å²) in [5.41, 5.74) is 1.26. The van der Waals surface area contributed by atoms with Crippen LogP contribution in [0.3, 0.4) is 0 Å². The maximum atomic E-state index is 11.0. The molecule has 2 atom stereocenters. The van der Waals surface area contributed by atoms with Gasteiger partial charge in [0.2, 0.25) is 0 Å². The number of benzene rings is 1. The normalized spacial score (nSPS) is 21.0. The monoisotopic (exact) mass is 251 g/mol. The number of aliphatic carboxylic acids is 1. The largest absolute Gasteiger partial charge is 0.480 e. The van der Waals surface area contributed by atoms with Gasteiger partial charge >= 0.3 is 5.97 Å². The number of carboxylic acids is 1. The highest BCUT2D eigenvalue weighted by Gasteiger charge is 2.29. The molecule has 1 aromatic rings. The van der Waals surface area contributed by atoms with Gasteiger partial charge in [0, 0.05) is 10.9 Å². The number of hydrogen-bond acceptors (Lipinski definition) is 3. The lowest BCUT2D eigenvalue weighted by molar-refractivity contribution is -0.143. The Morgan fingerprint density at radius 2 is 2.24 bits per heavy atom. The van der Waals surface area contributed by atoms with Crippen LogP contribution in [0.1, 0.15) is 24.9 Å². The van der Waals surface area contributed by atoms with Crippen LogP contribution in [0.5, 0.6) is 0 Å². The smallest absolute Gasteiger partial charge is 0.320 e. The van der Waals surface area contributed by atoms with Gasteiger partial charge in [0.25, 0.3) is 0 Å². The van der Waals surface area contributed by atoms with Gasteiger partial charge in [-0.1, -0.05) is 18.2 Å². The maximum absolute atomic E-state index is 11.0. The molecule has 17 heavy (non-hydrogen) atoms. The van der Waals surface area contributed by atoms with E-state index in [4.69, 9.17) is 5.11 Å². The molecule has 1 aliphatic rings. The van der Waals surface area contributed by atoms with E-state index in [0.717, 1.165) is 12.2 Å². The second-order valence-corrected chi connectivity index (χ2v) is 5.51. The van der Waals surface area contributed by atoms with Crippen molar-refractivity contribution in [2.45, 2.75) is 30.3 Å². The minimum Gasteiger partial charge on any atom is -0.480 e. The molecule has 2 unspecified atom stereocenters. The molecular formula is C13H17NO2S. The number of carboxylic acid groups (broad SMARTS) is 1. The molecule has 1 aliphatic heterocycles. The maximum Gasteiger partial charge on any atom is 0.320 e. The highest BCUT2D eigenvalue weighted by atomic mass is 32.2. The van der Waals surface area contributed by atoms with Gasteiger partial charge in [0.1, 0.15) is 6.04 Å². The number of nitrogens with zero attached hydrogens (tertiary/aromatic N) is 1. The Labute approximate surface area is 106 Å². The van der Waals surface area contributed by atoms with Gasteiger partial charge in [-0.25, -0.2) is 0 Å². The molecule has 0 radical (unpaired) electrons. The zero-order valence-corrected chi connectivity index (χ0v) is 10.9. The molecule has 0 saturated carbocycles. The first-order valence-corrected chi connectivity index (χ1v) is 6.76. The summed E-state index contributed by atoms with van der Waals surface area (Å²) in [6.45, 7) is 1.74. The Kier molecular flexibility index (Phi) is 3.74. The first-order valence-electron chi connectivity index (χ1n) is 5.77. The van der Waals surface area contributed by atoms with E-state index in [9.17, 15) is 4.79 Å². The average Bonchev–Trinajstić information content (AvgIpc) is 2.36. The highest BCUT2D eigenvalue weighted by molar-refractivity contribution is 7.99. The van der Waals surface area contributed by atoms with Crippen LogP contribution < -0.4 is 0 Å². The van der Waals surface area contributed by atoms with Crippen molar-refractivity contribution in [3.05, 3.63) is 29.8 Å². The van der Waals surface area contributed by atoms with Gasteiger partial charge in [0.15, 0.2) is 0 Å². The molecule has 3 nitrogen and oxygen atoms in total. The molecule has 0 amide bonds. The van der Waals surface area contributed by atoms with Gasteiger partial charge in [-0.2, -0.15) is 0 Å². The van der Waals surface area contributed by atoms with Crippen molar-refractivity contribution in [1.29, 1.82) is 0 Å². The quantitative estimate of drug-likeness (QED) is 0.896. The molecule has 1 heterocycles. The Hall–Kier alpha value is -1.00. The molecule has 4 heteroatoms. The van der Waals surface area contributed by atoms with Crippen molar-refractivity contribution >= 4 is 17.7 Å². The molecule has 0 aromatic heterocycles. The predicted octanol–water partition coefficient (Wildman–Crippen LogP) is 2.63. The Morgan fingerprint density at radius 1 is 1.53 bits per heavy atom. The summed E-state index contributed by atoms with van der Waals surface area (Å²) in [6, 6.07) is 8.06. The number of thioether (sulfide) groups is 1. The molecule has 0 bridgehead atoms. The molecule has 2 rings (SSSR count). The summed E-state index contributed by atoms with van der Waals surface area (Å²) >= 11 is 1.86. The van der Waals surface area contributed by atoms with Crippen LogP contribution >= 0.6 is 11.8 Å². The minimum absolute atomic E-state index is 0.221. The Morgan fingerprint density at radius 3 is 2.94 bits per heavy atom. The van der Waals surface area contributed by atoms with E-state index >= 15 is 0 Å². The van der Waals surface area contributed by atoms with E-state index in [1.54, 1.807) is 6.92 Å². The Bertz CT molecular complexity index is 422. The molecule has 0 aliphatic carbocycles. The number of hydrogen-bond donors (Lipinski definition) is 1. The molecule has 1 aromatic carbocycles. The number of likely N-dealkylation sites (N-methyl/N-ethyl adjacent to an activating group) is 1. The second-order valence-electron chi connectivity index (χ2n) is 4.37. The number of rotatable bonds is 3. The van der Waals surface area contributed by atoms with Crippen LogP contribution in [0.2, 0.25) is 0 Å². The van der Waals surface area contributed by atoms with Gasteiger partial charge in [0.05, 0.1) is 0 Å². The van der Waals surface area contributed by atoms with Crippen molar-refractivity contribution in [3.8, 4) is 0 Å². The molecule has 1 N–H and O–H groups in total. The van der Waals surface area contributed by atoms with Crippen LogP contribution in [0.15, 0.2) is 29.2 Å². The molecular weight excluding hydrogens is 234 g/mol. The van der Waals surface area contributed by atoms with E-state index in [1.165, 1.54) is 10.5 Å². The third kappa shape index (κ3) is 2.48. The van der Waals surface area contributed by atoms with Gasteiger partial charge in [-0.15, -0.1) is 11.8 Å². The number of fused-ring (bicyclic) bond motifs is 1. The first kappa shape index (κ1) is 12.5. The lowest BCUT2D eigenvalue weighted by Crippen LogP contribution is -2.39. The minimum atomic E-state index is -0.761. The standard InChI is InChI=1S/C13H17NO2S/c1-9(13(15)16)14(2)11-7-8-17-12-6-4-3-5-10(11)12/h3-6,9,11H,7-8H2,1-2H3,(H,15,16). The van der Waals surface area contributed by atoms with Crippen LogP contribution in [0.4, 0.5) is 0 Å². The highest BCUT2D eigenvalue weighted by Crippen LogP contribution is 2.39. The van der Waals surface area contributed by atoms with Crippen molar-refractivity contribution in [2.75, 3.05) is 12.8 Å². The molecule has 0 fully saturated rings. The van der Waals surface area contributed by atoms with Crippen LogP contribution in [-0.4, -0.2) is 34.8 Å². The fraction of sp³-hybridized carbons (Fsp3) is 0.462. The van der Waals surface area contributed by atoms with Crippen LogP contribution in [0, 0.1) is 0 Å². The fourth-order valence-electron chi connectivity index (χ4n) is 2.19.